The van der Waals surface area contributed by atoms with Gasteiger partial charge in [0.1, 0.15) is 0 Å². The number of amides is 2. The van der Waals surface area contributed by atoms with Gasteiger partial charge >= 0.3 is 5.69 Å². The van der Waals surface area contributed by atoms with E-state index in [1.54, 1.807) is 6.07 Å². The molecule has 98 valence electrons. The number of hydrogen-bond donors (Lipinski definition) is 1. The molecule has 1 aromatic rings. The van der Waals surface area contributed by atoms with Crippen LogP contribution in [0.15, 0.2) is 23.1 Å². The zero-order chi connectivity index (χ0) is 14.0. The Morgan fingerprint density at radius 3 is 2.68 bits per heavy atom. The number of rotatable bonds is 3. The minimum absolute atomic E-state index is 0.131. The van der Waals surface area contributed by atoms with E-state index in [0.717, 1.165) is 11.8 Å². The van der Waals surface area contributed by atoms with Crippen LogP contribution in [0.5, 0.6) is 5.75 Å². The molecular weight excluding hydrogens is 272 g/mol. The number of nitrogens with one attached hydrogen (secondary N) is 1. The first-order valence-electron chi connectivity index (χ1n) is 5.08. The van der Waals surface area contributed by atoms with Gasteiger partial charge in [0.15, 0.2) is 5.75 Å². The monoisotopic (exact) mass is 280 g/mol. The molecule has 7 nitrogen and oxygen atoms in total. The van der Waals surface area contributed by atoms with Gasteiger partial charge in [0.05, 0.1) is 16.9 Å². The molecule has 0 bridgehead atoms. The van der Waals surface area contributed by atoms with Gasteiger partial charge in [-0.3, -0.25) is 25.0 Å². The number of methoxy groups -OCH3 is 1. The average Bonchev–Trinajstić information content (AvgIpc) is 2.67. The van der Waals surface area contributed by atoms with Crippen molar-refractivity contribution in [3.8, 4) is 5.75 Å². The first-order valence-corrected chi connectivity index (χ1v) is 5.90. The largest absolute Gasteiger partial charge is 0.490 e. The van der Waals surface area contributed by atoms with E-state index < -0.39 is 16.1 Å². The molecule has 0 spiro atoms. The van der Waals surface area contributed by atoms with Crippen LogP contribution in [0.2, 0.25) is 0 Å². The van der Waals surface area contributed by atoms with Crippen molar-refractivity contribution >= 4 is 34.7 Å². The van der Waals surface area contributed by atoms with Crippen molar-refractivity contribution in [2.75, 3.05) is 7.11 Å². The molecule has 1 aliphatic rings. The highest BCUT2D eigenvalue weighted by molar-refractivity contribution is 8.18. The third-order valence-corrected chi connectivity index (χ3v) is 3.15. The van der Waals surface area contributed by atoms with Crippen molar-refractivity contribution in [1.29, 1.82) is 0 Å². The number of imide groups is 1. The number of hydrogen-bond acceptors (Lipinski definition) is 6. The number of ether oxygens (including phenoxy) is 1. The molecule has 1 N–H and O–H groups in total. The van der Waals surface area contributed by atoms with E-state index in [0.29, 0.717) is 5.56 Å². The Bertz CT molecular complexity index is 611. The summed E-state index contributed by atoms with van der Waals surface area (Å²) in [5.41, 5.74) is 0.242. The molecule has 19 heavy (non-hydrogen) atoms. The Morgan fingerprint density at radius 1 is 1.42 bits per heavy atom. The van der Waals surface area contributed by atoms with Gasteiger partial charge in [0.2, 0.25) is 0 Å². The number of nitrogens with zero attached hydrogens (tertiary/aromatic N) is 1. The quantitative estimate of drug-likeness (QED) is 0.516. The maximum absolute atomic E-state index is 11.4. The number of nitro groups is 1. The second-order valence-electron chi connectivity index (χ2n) is 3.54. The van der Waals surface area contributed by atoms with Gasteiger partial charge < -0.3 is 4.74 Å². The van der Waals surface area contributed by atoms with Gasteiger partial charge in [0.25, 0.3) is 11.1 Å². The number of carbonyl (C=O) groups is 2. The van der Waals surface area contributed by atoms with Gasteiger partial charge in [-0.05, 0) is 29.5 Å². The van der Waals surface area contributed by atoms with Crippen LogP contribution in [0.4, 0.5) is 10.5 Å². The lowest BCUT2D eigenvalue weighted by atomic mass is 10.1. The van der Waals surface area contributed by atoms with Gasteiger partial charge in [-0.15, -0.1) is 0 Å². The fraction of sp³-hybridized carbons (Fsp3) is 0.0909. The van der Waals surface area contributed by atoms with Crippen LogP contribution in [-0.2, 0) is 4.79 Å². The topological polar surface area (TPSA) is 98.5 Å². The van der Waals surface area contributed by atoms with Gasteiger partial charge in [-0.2, -0.15) is 0 Å². The molecule has 0 atom stereocenters. The van der Waals surface area contributed by atoms with E-state index in [2.05, 4.69) is 5.32 Å². The van der Waals surface area contributed by atoms with Crippen LogP contribution < -0.4 is 10.1 Å². The minimum atomic E-state index is -0.576. The number of nitro benzene ring substituents is 1. The molecule has 0 unspecified atom stereocenters. The van der Waals surface area contributed by atoms with E-state index in [1.165, 1.54) is 25.3 Å². The van der Waals surface area contributed by atoms with E-state index in [9.17, 15) is 19.7 Å². The first-order chi connectivity index (χ1) is 9.01. The summed E-state index contributed by atoms with van der Waals surface area (Å²) in [6.07, 6.45) is 1.41. The van der Waals surface area contributed by atoms with Crippen LogP contribution in [0.3, 0.4) is 0 Å². The number of carbonyl (C=O) groups excluding carboxylic acids is 2. The SMILES string of the molecule is COc1ccc(C=C2SC(=O)NC2=O)cc1[N+](=O)[O-]. The lowest BCUT2D eigenvalue weighted by molar-refractivity contribution is -0.385. The highest BCUT2D eigenvalue weighted by atomic mass is 32.2. The van der Waals surface area contributed by atoms with Crippen molar-refractivity contribution in [2.24, 2.45) is 0 Å². The van der Waals surface area contributed by atoms with Gasteiger partial charge in [0, 0.05) is 6.07 Å². The zero-order valence-electron chi connectivity index (χ0n) is 9.71. The normalized spacial score (nSPS) is 16.6. The molecule has 1 heterocycles. The molecule has 0 aliphatic carbocycles. The Kier molecular flexibility index (Phi) is 3.52. The van der Waals surface area contributed by atoms with E-state index in [-0.39, 0.29) is 16.3 Å². The molecule has 1 fully saturated rings. The average molecular weight is 280 g/mol. The summed E-state index contributed by atoms with van der Waals surface area (Å²) in [6, 6.07) is 4.28. The number of thioether (sulfide) groups is 1. The second-order valence-corrected chi connectivity index (χ2v) is 4.56. The van der Waals surface area contributed by atoms with E-state index >= 15 is 0 Å². The Hall–Kier alpha value is -2.35. The third kappa shape index (κ3) is 2.74. The fourth-order valence-electron chi connectivity index (χ4n) is 1.51. The summed E-state index contributed by atoms with van der Waals surface area (Å²) in [6.45, 7) is 0. The summed E-state index contributed by atoms with van der Waals surface area (Å²) in [5, 5.41) is 12.5. The first kappa shape index (κ1) is 13.1. The summed E-state index contributed by atoms with van der Waals surface area (Å²) in [4.78, 5) is 32.8. The number of benzene rings is 1. The van der Waals surface area contributed by atoms with Crippen LogP contribution in [0.25, 0.3) is 6.08 Å². The van der Waals surface area contributed by atoms with Crippen molar-refractivity contribution in [3.63, 3.8) is 0 Å². The Labute approximate surface area is 111 Å². The van der Waals surface area contributed by atoms with E-state index in [4.69, 9.17) is 4.74 Å². The van der Waals surface area contributed by atoms with Crippen LogP contribution in [0.1, 0.15) is 5.56 Å². The highest BCUT2D eigenvalue weighted by Gasteiger charge is 2.25. The molecule has 8 heteroatoms. The lowest BCUT2D eigenvalue weighted by Gasteiger charge is -2.02. The van der Waals surface area contributed by atoms with Crippen molar-refractivity contribution in [3.05, 3.63) is 38.8 Å². The predicted octanol–water partition coefficient (Wildman–Crippen LogP) is 1.93. The van der Waals surface area contributed by atoms with Gasteiger partial charge in [-0.1, -0.05) is 6.07 Å². The maximum Gasteiger partial charge on any atom is 0.311 e. The Morgan fingerprint density at radius 2 is 2.16 bits per heavy atom. The smallest absolute Gasteiger partial charge is 0.311 e. The summed E-state index contributed by atoms with van der Waals surface area (Å²) in [7, 11) is 1.33. The lowest BCUT2D eigenvalue weighted by Crippen LogP contribution is -2.17. The van der Waals surface area contributed by atoms with Crippen molar-refractivity contribution in [2.45, 2.75) is 0 Å². The standard InChI is InChI=1S/C11H8N2O5S/c1-18-8-3-2-6(4-7(8)13(16)17)5-9-10(14)12-11(15)19-9/h2-5H,1H3,(H,12,14,15). The van der Waals surface area contributed by atoms with Crippen molar-refractivity contribution < 1.29 is 19.2 Å². The van der Waals surface area contributed by atoms with Crippen molar-refractivity contribution in [1.82, 2.24) is 5.32 Å². The Balaban J connectivity index is 2.39. The maximum atomic E-state index is 11.4. The van der Waals surface area contributed by atoms with Crippen LogP contribution in [-0.4, -0.2) is 23.2 Å². The molecule has 1 saturated heterocycles. The van der Waals surface area contributed by atoms with Crippen LogP contribution in [0, 0.1) is 10.1 Å². The molecular formula is C11H8N2O5S. The molecule has 2 rings (SSSR count). The minimum Gasteiger partial charge on any atom is -0.490 e. The molecule has 0 saturated carbocycles. The highest BCUT2D eigenvalue weighted by Crippen LogP contribution is 2.30. The second kappa shape index (κ2) is 5.11. The summed E-state index contributed by atoms with van der Waals surface area (Å²) in [5.74, 6) is -0.375. The molecule has 1 aliphatic heterocycles. The summed E-state index contributed by atoms with van der Waals surface area (Å²) < 4.78 is 4.87. The summed E-state index contributed by atoms with van der Waals surface area (Å²) >= 11 is 0.753. The molecule has 0 aromatic heterocycles. The molecule has 0 radical (unpaired) electrons. The predicted molar refractivity (Wildman–Crippen MR) is 68.8 cm³/mol. The third-order valence-electron chi connectivity index (χ3n) is 2.34. The molecule has 1 aromatic carbocycles. The van der Waals surface area contributed by atoms with Crippen LogP contribution >= 0.6 is 11.8 Å². The fourth-order valence-corrected chi connectivity index (χ4v) is 2.19. The molecule has 2 amide bonds. The van der Waals surface area contributed by atoms with Gasteiger partial charge in [-0.25, -0.2) is 0 Å². The van der Waals surface area contributed by atoms with E-state index in [1.807, 2.05) is 0 Å². The zero-order valence-corrected chi connectivity index (χ0v) is 10.5.